The van der Waals surface area contributed by atoms with Gasteiger partial charge in [-0.15, -0.1) is 17.5 Å². The summed E-state index contributed by atoms with van der Waals surface area (Å²) < 4.78 is 59.9. The zero-order valence-corrected chi connectivity index (χ0v) is 46.6. The van der Waals surface area contributed by atoms with Crippen molar-refractivity contribution in [2.75, 3.05) is 0 Å². The summed E-state index contributed by atoms with van der Waals surface area (Å²) in [6.07, 6.45) is 6.55. The van der Waals surface area contributed by atoms with E-state index in [9.17, 15) is 22.0 Å². The van der Waals surface area contributed by atoms with E-state index in [4.69, 9.17) is 6.42 Å². The van der Waals surface area contributed by atoms with Crippen molar-refractivity contribution >= 4 is 55.7 Å². The molecule has 71 heavy (non-hydrogen) atoms. The summed E-state index contributed by atoms with van der Waals surface area (Å²) in [7, 11) is -2.32. The second-order valence-corrected chi connectivity index (χ2v) is 26.0. The minimum Gasteiger partial charge on any atom is -0.358 e. The van der Waals surface area contributed by atoms with Crippen LogP contribution in [0.2, 0.25) is 18.1 Å². The van der Waals surface area contributed by atoms with Crippen molar-refractivity contribution < 1.29 is 43.0 Å². The molecule has 0 heterocycles. The molecule has 364 valence electrons. The van der Waals surface area contributed by atoms with Crippen molar-refractivity contribution in [3.63, 3.8) is 0 Å². The van der Waals surface area contributed by atoms with Crippen molar-refractivity contribution in [2.45, 2.75) is 80.4 Å². The number of hydrogen-bond acceptors (Lipinski definition) is 0. The maximum Gasteiger partial charge on any atom is 2.00 e. The van der Waals surface area contributed by atoms with Crippen LogP contribution in [0.3, 0.4) is 0 Å². The summed E-state index contributed by atoms with van der Waals surface area (Å²) in [5, 5.41) is 8.46. The van der Waals surface area contributed by atoms with Crippen LogP contribution in [0.4, 0.5) is 22.0 Å². The molecule has 0 aliphatic rings. The van der Waals surface area contributed by atoms with Gasteiger partial charge in [-0.05, 0) is 125 Å². The molecular formula is C62H57F5P2PtSi. The minimum atomic E-state index is -2.17. The van der Waals surface area contributed by atoms with Crippen LogP contribution in [0.1, 0.15) is 54.2 Å². The topological polar surface area (TPSA) is 0 Å². The van der Waals surface area contributed by atoms with Gasteiger partial charge in [0.15, 0.2) is 0 Å². The predicted molar refractivity (Wildman–Crippen MR) is 291 cm³/mol. The van der Waals surface area contributed by atoms with Crippen LogP contribution in [-0.4, -0.2) is 8.07 Å². The third-order valence-corrected chi connectivity index (χ3v) is 21.0. The largest absolute Gasteiger partial charge is 2.00 e. The summed E-state index contributed by atoms with van der Waals surface area (Å²) in [6.45, 7) is 19.5. The first-order chi connectivity index (χ1) is 33.5. The molecule has 0 aliphatic carbocycles. The van der Waals surface area contributed by atoms with Gasteiger partial charge in [0.2, 0.25) is 0 Å². The van der Waals surface area contributed by atoms with Gasteiger partial charge in [0.05, 0.1) is 29.1 Å². The molecule has 0 spiro atoms. The van der Waals surface area contributed by atoms with Crippen LogP contribution in [0, 0.1) is 124 Å². The smallest absolute Gasteiger partial charge is 0.358 e. The molecule has 0 aromatic heterocycles. The van der Waals surface area contributed by atoms with E-state index >= 15 is 0 Å². The van der Waals surface area contributed by atoms with E-state index in [1.165, 1.54) is 83.3 Å². The Bertz CT molecular complexity index is 2610. The Balaban J connectivity index is 0.000000258. The van der Waals surface area contributed by atoms with Crippen LogP contribution >= 0.6 is 15.8 Å². The van der Waals surface area contributed by atoms with Gasteiger partial charge in [0.1, 0.15) is 8.07 Å². The molecule has 0 nitrogen and oxygen atoms in total. The molecule has 0 saturated heterocycles. The van der Waals surface area contributed by atoms with E-state index in [2.05, 4.69) is 243 Å². The SMILES string of the molecule is Cc1ccc(P(c2ccc(C)cc2)c2ccc(C)cc2)cc1.Cc1ccc(P(c2ccc(C)cc2)c2ccc(C)cc2)cc1.Fc1[c-]c(F)c(F)c(F)c1F.[C-]#CC#CC#CC#C[Si](CC)(CC)CC.[Pt+2]. The number of hydrogen-bond donors (Lipinski definition) is 0. The Morgan fingerprint density at radius 3 is 0.831 bits per heavy atom. The van der Waals surface area contributed by atoms with Crippen molar-refractivity contribution in [1.82, 2.24) is 0 Å². The first kappa shape index (κ1) is 59.5. The van der Waals surface area contributed by atoms with E-state index in [1.807, 2.05) is 5.92 Å². The van der Waals surface area contributed by atoms with Gasteiger partial charge < -0.3 is 6.42 Å². The van der Waals surface area contributed by atoms with Gasteiger partial charge in [-0.3, -0.25) is 14.7 Å². The number of rotatable bonds is 9. The van der Waals surface area contributed by atoms with Gasteiger partial charge in [-0.1, -0.05) is 200 Å². The Hall–Kier alpha value is -5.80. The Labute approximate surface area is 438 Å². The maximum absolute atomic E-state index is 12.0. The van der Waals surface area contributed by atoms with E-state index in [0.717, 1.165) is 6.07 Å². The summed E-state index contributed by atoms with van der Waals surface area (Å²) in [4.78, 5) is 0. The van der Waals surface area contributed by atoms with Gasteiger partial charge in [0, 0.05) is 0 Å². The summed E-state index contributed by atoms with van der Waals surface area (Å²) >= 11 is 0. The molecule has 0 fully saturated rings. The van der Waals surface area contributed by atoms with Crippen LogP contribution < -0.4 is 31.8 Å². The fourth-order valence-corrected chi connectivity index (χ4v) is 13.7. The fourth-order valence-electron chi connectivity index (χ4n) is 6.86. The summed E-state index contributed by atoms with van der Waals surface area (Å²) in [5.41, 5.74) is 11.2. The van der Waals surface area contributed by atoms with Crippen molar-refractivity contribution in [3.8, 4) is 41.1 Å². The van der Waals surface area contributed by atoms with Gasteiger partial charge in [-0.2, -0.15) is 0 Å². The normalized spacial score (nSPS) is 10.1. The molecule has 7 aromatic carbocycles. The van der Waals surface area contributed by atoms with E-state index in [-0.39, 0.29) is 21.1 Å². The molecule has 0 N–H and O–H groups in total. The average molecular weight is 1180 g/mol. The minimum absolute atomic E-state index is 0. The monoisotopic (exact) mass is 1180 g/mol. The second kappa shape index (κ2) is 30.2. The first-order valence-electron chi connectivity index (χ1n) is 22.9. The Morgan fingerprint density at radius 1 is 0.380 bits per heavy atom. The van der Waals surface area contributed by atoms with Gasteiger partial charge in [0.25, 0.3) is 0 Å². The average Bonchev–Trinajstić information content (AvgIpc) is 3.37. The maximum atomic E-state index is 12.0. The van der Waals surface area contributed by atoms with Gasteiger partial charge in [-0.25, -0.2) is 19.1 Å². The molecule has 9 heteroatoms. The molecule has 0 aliphatic heterocycles. The number of aryl methyl sites for hydroxylation is 6. The van der Waals surface area contributed by atoms with Crippen LogP contribution in [0.15, 0.2) is 146 Å². The quantitative estimate of drug-likeness (QED) is 0.0257. The molecular weight excluding hydrogens is 1120 g/mol. The van der Waals surface area contributed by atoms with Crippen LogP contribution in [0.25, 0.3) is 0 Å². The fraction of sp³-hybridized carbons (Fsp3) is 0.194. The second-order valence-electron chi connectivity index (χ2n) is 16.6. The standard InChI is InChI=1S/2C21H21P.C14H15Si.C6F5.Pt/c2*1-16-4-10-19(11-5-16)22(20-12-6-17(2)7-13-20)21-14-8-18(3)9-15-21;1-5-9-10-11-12-13-14-15(6-2,7-3)8-4;7-2-1-3(8)5(10)6(11)4(2)9;/h2*4-15H,1-3H3;6-8H2,2-4H3;;/q;;2*-1;+2. The molecule has 7 rings (SSSR count). The van der Waals surface area contributed by atoms with Crippen LogP contribution in [-0.2, 0) is 21.1 Å². The molecule has 0 bridgehead atoms. The molecule has 0 saturated carbocycles. The summed E-state index contributed by atoms with van der Waals surface area (Å²) in [6, 6.07) is 58.5. The third-order valence-electron chi connectivity index (χ3n) is 11.4. The molecule has 0 amide bonds. The molecule has 0 radical (unpaired) electrons. The molecule has 0 unspecified atom stereocenters. The van der Waals surface area contributed by atoms with E-state index in [0.29, 0.717) is 0 Å². The van der Waals surface area contributed by atoms with Crippen molar-refractivity contribution in [1.29, 1.82) is 0 Å². The number of halogens is 5. The third kappa shape index (κ3) is 18.4. The molecule has 7 aromatic rings. The number of benzene rings is 7. The Morgan fingerprint density at radius 2 is 0.606 bits per heavy atom. The Kier molecular flexibility index (Phi) is 25.3. The van der Waals surface area contributed by atoms with Crippen molar-refractivity contribution in [3.05, 3.63) is 221 Å². The zero-order chi connectivity index (χ0) is 51.2. The first-order valence-corrected chi connectivity index (χ1v) is 28.2. The zero-order valence-electron chi connectivity index (χ0n) is 41.6. The van der Waals surface area contributed by atoms with E-state index in [1.54, 1.807) is 0 Å². The van der Waals surface area contributed by atoms with E-state index < -0.39 is 53.0 Å². The summed E-state index contributed by atoms with van der Waals surface area (Å²) in [5.74, 6) is 4.90. The van der Waals surface area contributed by atoms with Gasteiger partial charge >= 0.3 is 21.1 Å². The predicted octanol–water partition coefficient (Wildman–Crippen LogP) is 13.6. The van der Waals surface area contributed by atoms with Crippen LogP contribution in [0.5, 0.6) is 0 Å². The molecule has 0 atom stereocenters. The van der Waals surface area contributed by atoms with Crippen molar-refractivity contribution in [2.24, 2.45) is 0 Å².